The number of para-hydroxylation sites is 1. The van der Waals surface area contributed by atoms with Crippen molar-refractivity contribution in [2.45, 2.75) is 25.4 Å². The molecule has 2 saturated heterocycles. The number of aromatic nitrogens is 1. The van der Waals surface area contributed by atoms with Crippen LogP contribution < -0.4 is 9.80 Å². The number of hydrogen-bond acceptors (Lipinski definition) is 6. The Morgan fingerprint density at radius 3 is 2.54 bits per heavy atom. The second-order valence-electron chi connectivity index (χ2n) is 7.99. The molecule has 2 aromatic rings. The van der Waals surface area contributed by atoms with Gasteiger partial charge in [0.1, 0.15) is 5.15 Å². The van der Waals surface area contributed by atoms with Gasteiger partial charge in [-0.1, -0.05) is 41.1 Å². The maximum absolute atomic E-state index is 6.40. The van der Waals surface area contributed by atoms with E-state index in [0.717, 1.165) is 50.9 Å². The van der Waals surface area contributed by atoms with Crippen LogP contribution in [0, 0.1) is 0 Å². The molecule has 2 aliphatic rings. The van der Waals surface area contributed by atoms with E-state index in [1.807, 2.05) is 19.0 Å². The minimum atomic E-state index is 0.659. The molecule has 2 fully saturated rings. The summed E-state index contributed by atoms with van der Waals surface area (Å²) in [6.45, 7) is 7.76. The maximum Gasteiger partial charge on any atom is 0.186 e. The van der Waals surface area contributed by atoms with Crippen LogP contribution in [0.1, 0.15) is 17.7 Å². The van der Waals surface area contributed by atoms with Crippen molar-refractivity contribution < 1.29 is 0 Å². The largest absolute Gasteiger partial charge is 0.369 e. The standard InChI is InChI=1S/C21H30ClN5S/c1-24(2)21-23-20(22)19(28-21)16-25-10-6-9-18(15-25)27-13-11-26(12-14-27)17-7-4-3-5-8-17/h3-5,7-8,18H,6,9-16H2,1-2H3/t18-/m0/s1. The molecule has 0 bridgehead atoms. The zero-order valence-electron chi connectivity index (χ0n) is 16.9. The Bertz CT molecular complexity index is 757. The van der Waals surface area contributed by atoms with Gasteiger partial charge in [-0.25, -0.2) is 4.98 Å². The van der Waals surface area contributed by atoms with Gasteiger partial charge >= 0.3 is 0 Å². The van der Waals surface area contributed by atoms with Gasteiger partial charge in [0, 0.05) is 65.1 Å². The van der Waals surface area contributed by atoms with Crippen LogP contribution in [-0.2, 0) is 6.54 Å². The topological polar surface area (TPSA) is 25.9 Å². The molecule has 7 heteroatoms. The van der Waals surface area contributed by atoms with Crippen LogP contribution in [0.4, 0.5) is 10.8 Å². The fourth-order valence-corrected chi connectivity index (χ4v) is 5.49. The Kier molecular flexibility index (Phi) is 6.41. The van der Waals surface area contributed by atoms with Crippen molar-refractivity contribution in [2.24, 2.45) is 0 Å². The second kappa shape index (κ2) is 8.99. The molecule has 0 radical (unpaired) electrons. The summed E-state index contributed by atoms with van der Waals surface area (Å²) in [6.07, 6.45) is 2.57. The summed E-state index contributed by atoms with van der Waals surface area (Å²) >= 11 is 8.11. The van der Waals surface area contributed by atoms with Crippen molar-refractivity contribution >= 4 is 33.8 Å². The number of thiazole rings is 1. The van der Waals surface area contributed by atoms with Crippen molar-refractivity contribution in [2.75, 3.05) is 63.2 Å². The van der Waals surface area contributed by atoms with Gasteiger partial charge in [0.15, 0.2) is 5.13 Å². The molecular formula is C21H30ClN5S. The van der Waals surface area contributed by atoms with Gasteiger partial charge in [-0.2, -0.15) is 0 Å². The van der Waals surface area contributed by atoms with Crippen molar-refractivity contribution in [3.8, 4) is 0 Å². The number of nitrogens with zero attached hydrogens (tertiary/aromatic N) is 5. The first-order valence-electron chi connectivity index (χ1n) is 10.2. The van der Waals surface area contributed by atoms with Crippen molar-refractivity contribution in [3.63, 3.8) is 0 Å². The smallest absolute Gasteiger partial charge is 0.186 e. The van der Waals surface area contributed by atoms with Gasteiger partial charge in [0.2, 0.25) is 0 Å². The average Bonchev–Trinajstić information content (AvgIpc) is 3.10. The van der Waals surface area contributed by atoms with E-state index in [1.54, 1.807) is 11.3 Å². The number of benzene rings is 1. The molecule has 5 nitrogen and oxygen atoms in total. The fourth-order valence-electron chi connectivity index (χ4n) is 4.27. The van der Waals surface area contributed by atoms with Crippen LogP contribution in [0.15, 0.2) is 30.3 Å². The van der Waals surface area contributed by atoms with E-state index in [4.69, 9.17) is 11.6 Å². The number of piperidine rings is 1. The summed E-state index contributed by atoms with van der Waals surface area (Å²) in [6, 6.07) is 11.5. The Balaban J connectivity index is 1.32. The summed E-state index contributed by atoms with van der Waals surface area (Å²) in [5.74, 6) is 0. The molecule has 0 N–H and O–H groups in total. The molecule has 1 aromatic heterocycles. The Hall–Kier alpha value is -1.34. The first kappa shape index (κ1) is 20.0. The molecule has 0 amide bonds. The zero-order chi connectivity index (χ0) is 19.5. The number of halogens is 1. The lowest BCUT2D eigenvalue weighted by Gasteiger charge is -2.44. The van der Waals surface area contributed by atoms with Crippen molar-refractivity contribution in [3.05, 3.63) is 40.4 Å². The van der Waals surface area contributed by atoms with Gasteiger partial charge < -0.3 is 9.80 Å². The molecule has 28 heavy (non-hydrogen) atoms. The third-order valence-corrected chi connectivity index (χ3v) is 7.45. The van der Waals surface area contributed by atoms with Crippen molar-refractivity contribution in [1.82, 2.24) is 14.8 Å². The highest BCUT2D eigenvalue weighted by Gasteiger charge is 2.28. The molecule has 0 spiro atoms. The summed E-state index contributed by atoms with van der Waals surface area (Å²) in [5, 5.41) is 1.66. The minimum absolute atomic E-state index is 0.659. The average molecular weight is 420 g/mol. The van der Waals surface area contributed by atoms with Crippen LogP contribution >= 0.6 is 22.9 Å². The highest BCUT2D eigenvalue weighted by molar-refractivity contribution is 7.16. The minimum Gasteiger partial charge on any atom is -0.369 e. The van der Waals surface area contributed by atoms with Gasteiger partial charge in [-0.15, -0.1) is 0 Å². The van der Waals surface area contributed by atoms with E-state index in [0.29, 0.717) is 11.2 Å². The van der Waals surface area contributed by atoms with Crippen LogP contribution in [0.25, 0.3) is 0 Å². The van der Waals surface area contributed by atoms with E-state index in [9.17, 15) is 0 Å². The molecule has 0 unspecified atom stereocenters. The number of rotatable bonds is 5. The lowest BCUT2D eigenvalue weighted by molar-refractivity contribution is 0.0893. The van der Waals surface area contributed by atoms with Crippen LogP contribution in [0.5, 0.6) is 0 Å². The fraction of sp³-hybridized carbons (Fsp3) is 0.571. The molecule has 4 rings (SSSR count). The number of likely N-dealkylation sites (tertiary alicyclic amines) is 1. The highest BCUT2D eigenvalue weighted by atomic mass is 35.5. The molecule has 1 atom stereocenters. The van der Waals surface area contributed by atoms with E-state index in [2.05, 4.69) is 50.0 Å². The number of hydrogen-bond donors (Lipinski definition) is 0. The Labute approximate surface area is 177 Å². The first-order valence-corrected chi connectivity index (χ1v) is 11.4. The predicted molar refractivity (Wildman–Crippen MR) is 120 cm³/mol. The van der Waals surface area contributed by atoms with Crippen LogP contribution in [0.2, 0.25) is 5.15 Å². The Morgan fingerprint density at radius 1 is 1.11 bits per heavy atom. The van der Waals surface area contributed by atoms with E-state index < -0.39 is 0 Å². The van der Waals surface area contributed by atoms with Crippen LogP contribution in [-0.4, -0.2) is 74.2 Å². The highest BCUT2D eigenvalue weighted by Crippen LogP contribution is 2.31. The number of anilines is 2. The third kappa shape index (κ3) is 4.62. The summed E-state index contributed by atoms with van der Waals surface area (Å²) < 4.78 is 0. The van der Waals surface area contributed by atoms with E-state index in [1.165, 1.54) is 23.4 Å². The van der Waals surface area contributed by atoms with Gasteiger partial charge in [-0.3, -0.25) is 9.80 Å². The second-order valence-corrected chi connectivity index (χ2v) is 9.41. The third-order valence-electron chi connectivity index (χ3n) is 5.82. The van der Waals surface area contributed by atoms with Crippen LogP contribution in [0.3, 0.4) is 0 Å². The molecule has 0 saturated carbocycles. The summed E-state index contributed by atoms with van der Waals surface area (Å²) in [7, 11) is 4.04. The molecule has 3 heterocycles. The lowest BCUT2D eigenvalue weighted by Crippen LogP contribution is -2.55. The lowest BCUT2D eigenvalue weighted by atomic mass is 10.0. The normalized spacial score (nSPS) is 21.8. The molecule has 2 aliphatic heterocycles. The maximum atomic E-state index is 6.40. The van der Waals surface area contributed by atoms with Gasteiger partial charge in [0.05, 0.1) is 4.88 Å². The zero-order valence-corrected chi connectivity index (χ0v) is 18.4. The number of piperazine rings is 1. The summed E-state index contributed by atoms with van der Waals surface area (Å²) in [5.41, 5.74) is 1.35. The van der Waals surface area contributed by atoms with E-state index in [-0.39, 0.29) is 0 Å². The SMILES string of the molecule is CN(C)c1nc(Cl)c(CN2CCC[C@H](N3CCN(c4ccccc4)CC3)C2)s1. The van der Waals surface area contributed by atoms with Gasteiger partial charge in [-0.05, 0) is 31.5 Å². The first-order chi connectivity index (χ1) is 13.6. The summed E-state index contributed by atoms with van der Waals surface area (Å²) in [4.78, 5) is 15.5. The quantitative estimate of drug-likeness (QED) is 0.736. The van der Waals surface area contributed by atoms with E-state index >= 15 is 0 Å². The Morgan fingerprint density at radius 2 is 1.86 bits per heavy atom. The van der Waals surface area contributed by atoms with Gasteiger partial charge in [0.25, 0.3) is 0 Å². The molecule has 1 aromatic carbocycles. The monoisotopic (exact) mass is 419 g/mol. The molecular weight excluding hydrogens is 390 g/mol. The van der Waals surface area contributed by atoms with Crippen molar-refractivity contribution in [1.29, 1.82) is 0 Å². The molecule has 0 aliphatic carbocycles. The molecule has 152 valence electrons. The predicted octanol–water partition coefficient (Wildman–Crippen LogP) is 3.65.